The maximum absolute atomic E-state index is 13.6. The maximum Gasteiger partial charge on any atom is 0.266 e. The zero-order valence-corrected chi connectivity index (χ0v) is 22.8. The summed E-state index contributed by atoms with van der Waals surface area (Å²) in [4.78, 5) is 35.8. The number of anilines is 1. The summed E-state index contributed by atoms with van der Waals surface area (Å²) >= 11 is 2.59. The molecule has 38 heavy (non-hydrogen) atoms. The smallest absolute Gasteiger partial charge is 0.266 e. The number of nitrogens with one attached hydrogen (secondary N) is 1. The van der Waals surface area contributed by atoms with Gasteiger partial charge in [-0.25, -0.2) is 9.97 Å². The highest BCUT2D eigenvalue weighted by Gasteiger charge is 2.18. The fourth-order valence-electron chi connectivity index (χ4n) is 4.11. The Morgan fingerprint density at radius 3 is 2.53 bits per heavy atom. The van der Waals surface area contributed by atoms with Gasteiger partial charge in [0.05, 0.1) is 35.1 Å². The lowest BCUT2D eigenvalue weighted by molar-refractivity contribution is -0.113. The normalized spacial score (nSPS) is 11.2. The number of rotatable bonds is 8. The molecule has 0 bridgehead atoms. The molecule has 1 amide bonds. The van der Waals surface area contributed by atoms with Crippen LogP contribution in [0.25, 0.3) is 27.8 Å². The number of amides is 1. The second-order valence-electron chi connectivity index (χ2n) is 8.87. The van der Waals surface area contributed by atoms with Gasteiger partial charge in [-0.15, -0.1) is 11.3 Å². The third-order valence-corrected chi connectivity index (χ3v) is 7.71. The highest BCUT2D eigenvalue weighted by atomic mass is 32.2. The van der Waals surface area contributed by atoms with Crippen molar-refractivity contribution in [3.05, 3.63) is 94.1 Å². The van der Waals surface area contributed by atoms with E-state index in [1.807, 2.05) is 72.1 Å². The third kappa shape index (κ3) is 5.34. The Balaban J connectivity index is 1.40. The van der Waals surface area contributed by atoms with E-state index in [0.29, 0.717) is 21.2 Å². The number of carbonyl (C=O) groups is 1. The first-order valence-electron chi connectivity index (χ1n) is 12.1. The Morgan fingerprint density at radius 1 is 1.03 bits per heavy atom. The molecule has 0 fully saturated rings. The molecule has 5 aromatic rings. The van der Waals surface area contributed by atoms with Gasteiger partial charge in [-0.3, -0.25) is 14.2 Å². The van der Waals surface area contributed by atoms with Crippen molar-refractivity contribution in [2.45, 2.75) is 24.9 Å². The Bertz CT molecular complexity index is 1660. The first kappa shape index (κ1) is 25.7. The maximum atomic E-state index is 13.6. The zero-order valence-electron chi connectivity index (χ0n) is 21.2. The molecule has 0 spiro atoms. The number of methoxy groups -OCH3 is 1. The molecule has 192 valence electrons. The monoisotopic (exact) mass is 542 g/mol. The van der Waals surface area contributed by atoms with Crippen LogP contribution >= 0.6 is 23.1 Å². The molecule has 7 nitrogen and oxygen atoms in total. The first-order valence-corrected chi connectivity index (χ1v) is 13.9. The Kier molecular flexibility index (Phi) is 7.57. The molecule has 9 heteroatoms. The Morgan fingerprint density at radius 2 is 1.76 bits per heavy atom. The molecule has 0 radical (unpaired) electrons. The first-order chi connectivity index (χ1) is 18.4. The van der Waals surface area contributed by atoms with E-state index in [1.165, 1.54) is 23.1 Å². The highest BCUT2D eigenvalue weighted by Crippen LogP contribution is 2.29. The summed E-state index contributed by atoms with van der Waals surface area (Å²) in [5.41, 5.74) is 3.96. The standard InChI is InChI=1S/C29H26N4O3S2/c1-18(2)21-8-5-7-11-25(21)33-27(35)22-9-4-6-10-23(22)31-29(33)38-17-26(34)32-28-30-24(16-37-28)19-12-14-20(36-3)15-13-19/h4-16,18H,17H2,1-3H3,(H,30,32,34). The quantitative estimate of drug-likeness (QED) is 0.181. The second kappa shape index (κ2) is 11.2. The van der Waals surface area contributed by atoms with Gasteiger partial charge in [0, 0.05) is 10.9 Å². The van der Waals surface area contributed by atoms with Crippen molar-refractivity contribution in [3.63, 3.8) is 0 Å². The summed E-state index contributed by atoms with van der Waals surface area (Å²) in [6.07, 6.45) is 0. The number of para-hydroxylation sites is 2. The van der Waals surface area contributed by atoms with Crippen molar-refractivity contribution in [2.75, 3.05) is 18.2 Å². The number of hydrogen-bond donors (Lipinski definition) is 1. The molecule has 0 aliphatic heterocycles. The molecule has 0 unspecified atom stereocenters. The van der Waals surface area contributed by atoms with Crippen LogP contribution in [0, 0.1) is 0 Å². The van der Waals surface area contributed by atoms with Crippen molar-refractivity contribution in [3.8, 4) is 22.7 Å². The predicted octanol–water partition coefficient (Wildman–Crippen LogP) is 6.37. The lowest BCUT2D eigenvalue weighted by Crippen LogP contribution is -2.24. The van der Waals surface area contributed by atoms with Crippen molar-refractivity contribution < 1.29 is 9.53 Å². The fraction of sp³-hybridized carbons (Fsp3) is 0.172. The van der Waals surface area contributed by atoms with E-state index >= 15 is 0 Å². The Hall–Kier alpha value is -3.95. The van der Waals surface area contributed by atoms with Crippen LogP contribution in [0.5, 0.6) is 5.75 Å². The molecule has 0 saturated heterocycles. The van der Waals surface area contributed by atoms with Crippen LogP contribution in [0.4, 0.5) is 5.13 Å². The lowest BCUT2D eigenvalue weighted by atomic mass is 10.0. The molecule has 0 aliphatic rings. The summed E-state index contributed by atoms with van der Waals surface area (Å²) in [7, 11) is 1.62. The molecule has 0 saturated carbocycles. The van der Waals surface area contributed by atoms with E-state index in [9.17, 15) is 9.59 Å². The summed E-state index contributed by atoms with van der Waals surface area (Å²) < 4.78 is 6.83. The van der Waals surface area contributed by atoms with Crippen LogP contribution < -0.4 is 15.6 Å². The third-order valence-electron chi connectivity index (χ3n) is 6.01. The van der Waals surface area contributed by atoms with Gasteiger partial charge in [0.1, 0.15) is 5.75 Å². The summed E-state index contributed by atoms with van der Waals surface area (Å²) in [6.45, 7) is 4.18. The van der Waals surface area contributed by atoms with Gasteiger partial charge in [0.2, 0.25) is 5.91 Å². The van der Waals surface area contributed by atoms with Crippen molar-refractivity contribution in [1.29, 1.82) is 0 Å². The SMILES string of the molecule is COc1ccc(-c2csc(NC(=O)CSc3nc4ccccc4c(=O)n3-c3ccccc3C(C)C)n2)cc1. The number of thioether (sulfide) groups is 1. The molecule has 2 aromatic heterocycles. The van der Waals surface area contributed by atoms with Crippen LogP contribution in [0.2, 0.25) is 0 Å². The van der Waals surface area contributed by atoms with Gasteiger partial charge in [-0.1, -0.05) is 55.9 Å². The second-order valence-corrected chi connectivity index (χ2v) is 10.7. The van der Waals surface area contributed by atoms with Crippen LogP contribution in [-0.4, -0.2) is 33.3 Å². The average molecular weight is 543 g/mol. The summed E-state index contributed by atoms with van der Waals surface area (Å²) in [5.74, 6) is 0.824. The minimum absolute atomic E-state index is 0.0755. The predicted molar refractivity (Wildman–Crippen MR) is 155 cm³/mol. The summed E-state index contributed by atoms with van der Waals surface area (Å²) in [5, 5.41) is 6.29. The minimum atomic E-state index is -0.225. The van der Waals surface area contributed by atoms with Crippen molar-refractivity contribution >= 4 is 45.0 Å². The van der Waals surface area contributed by atoms with Crippen LogP contribution in [0.15, 0.2) is 88.1 Å². The fourth-order valence-corrected chi connectivity index (χ4v) is 5.65. The van der Waals surface area contributed by atoms with Gasteiger partial charge in [0.15, 0.2) is 10.3 Å². The molecule has 3 aromatic carbocycles. The lowest BCUT2D eigenvalue weighted by Gasteiger charge is -2.18. The van der Waals surface area contributed by atoms with E-state index in [2.05, 4.69) is 24.1 Å². The number of fused-ring (bicyclic) bond motifs is 1. The number of nitrogens with zero attached hydrogens (tertiary/aromatic N) is 3. The largest absolute Gasteiger partial charge is 0.497 e. The molecule has 2 heterocycles. The van der Waals surface area contributed by atoms with Crippen LogP contribution in [-0.2, 0) is 4.79 Å². The van der Waals surface area contributed by atoms with Gasteiger partial charge < -0.3 is 10.1 Å². The van der Waals surface area contributed by atoms with E-state index in [1.54, 1.807) is 17.7 Å². The van der Waals surface area contributed by atoms with Crippen molar-refractivity contribution in [2.24, 2.45) is 0 Å². The number of carbonyl (C=O) groups excluding carboxylic acids is 1. The molecule has 0 aliphatic carbocycles. The van der Waals surface area contributed by atoms with Gasteiger partial charge >= 0.3 is 0 Å². The topological polar surface area (TPSA) is 86.1 Å². The number of aromatic nitrogens is 3. The Labute approximate surface area is 228 Å². The van der Waals surface area contributed by atoms with Gasteiger partial charge in [-0.2, -0.15) is 0 Å². The number of hydrogen-bond acceptors (Lipinski definition) is 7. The van der Waals surface area contributed by atoms with Gasteiger partial charge in [-0.05, 0) is 53.9 Å². The van der Waals surface area contributed by atoms with Crippen LogP contribution in [0.3, 0.4) is 0 Å². The summed E-state index contributed by atoms with van der Waals surface area (Å²) in [6, 6.07) is 22.7. The minimum Gasteiger partial charge on any atom is -0.497 e. The van der Waals surface area contributed by atoms with Gasteiger partial charge in [0.25, 0.3) is 5.56 Å². The number of benzene rings is 3. The number of ether oxygens (including phenoxy) is 1. The molecular formula is C29H26N4O3S2. The van der Waals surface area contributed by atoms with E-state index < -0.39 is 0 Å². The molecular weight excluding hydrogens is 516 g/mol. The molecule has 0 atom stereocenters. The van der Waals surface area contributed by atoms with E-state index in [0.717, 1.165) is 28.3 Å². The highest BCUT2D eigenvalue weighted by molar-refractivity contribution is 7.99. The molecule has 5 rings (SSSR count). The van der Waals surface area contributed by atoms with Crippen molar-refractivity contribution in [1.82, 2.24) is 14.5 Å². The van der Waals surface area contributed by atoms with Crippen LogP contribution in [0.1, 0.15) is 25.3 Å². The zero-order chi connectivity index (χ0) is 26.6. The molecule has 1 N–H and O–H groups in total. The van der Waals surface area contributed by atoms with E-state index in [4.69, 9.17) is 9.72 Å². The average Bonchev–Trinajstić information content (AvgIpc) is 3.40. The number of thiazole rings is 1. The van der Waals surface area contributed by atoms with E-state index in [-0.39, 0.29) is 23.1 Å².